The lowest BCUT2D eigenvalue weighted by Gasteiger charge is -2.16. The van der Waals surface area contributed by atoms with E-state index in [4.69, 9.17) is 4.74 Å². The van der Waals surface area contributed by atoms with Gasteiger partial charge in [0, 0.05) is 23.9 Å². The molecule has 21 heavy (non-hydrogen) atoms. The minimum atomic E-state index is 0.244. The maximum absolute atomic E-state index is 12.3. The van der Waals surface area contributed by atoms with E-state index in [1.54, 1.807) is 18.4 Å². The van der Waals surface area contributed by atoms with E-state index in [2.05, 4.69) is 12.1 Å². The Balaban J connectivity index is 1.60. The van der Waals surface area contributed by atoms with Crippen LogP contribution in [0.3, 0.4) is 0 Å². The lowest BCUT2D eigenvalue weighted by molar-refractivity contribution is -0.129. The van der Waals surface area contributed by atoms with Crippen LogP contribution in [0, 0.1) is 0 Å². The number of likely N-dealkylation sites (tertiary alicyclic amines) is 1. The fourth-order valence-electron chi connectivity index (χ4n) is 2.81. The summed E-state index contributed by atoms with van der Waals surface area (Å²) in [4.78, 5) is 15.4. The van der Waals surface area contributed by atoms with Crippen molar-refractivity contribution in [3.8, 4) is 5.75 Å². The second kappa shape index (κ2) is 6.31. The summed E-state index contributed by atoms with van der Waals surface area (Å²) in [5.74, 6) is 1.57. The summed E-state index contributed by atoms with van der Waals surface area (Å²) in [5, 5.41) is 2.02. The second-order valence-electron chi connectivity index (χ2n) is 5.35. The molecule has 3 nitrogen and oxygen atoms in total. The van der Waals surface area contributed by atoms with Crippen LogP contribution in [0.5, 0.6) is 5.75 Å². The molecule has 0 N–H and O–H groups in total. The first-order valence-corrected chi connectivity index (χ1v) is 8.08. The van der Waals surface area contributed by atoms with E-state index in [1.807, 2.05) is 34.5 Å². The SMILES string of the molecule is COc1ccc([C@@H]2CCN(C(=O)Cc3cccs3)C2)cc1. The van der Waals surface area contributed by atoms with Crippen LogP contribution in [0.1, 0.15) is 22.8 Å². The fraction of sp³-hybridized carbons (Fsp3) is 0.353. The van der Waals surface area contributed by atoms with Crippen molar-refractivity contribution in [1.29, 1.82) is 0 Å². The number of ether oxygens (including phenoxy) is 1. The van der Waals surface area contributed by atoms with Crippen molar-refractivity contribution in [3.63, 3.8) is 0 Å². The summed E-state index contributed by atoms with van der Waals surface area (Å²) in [6.45, 7) is 1.69. The average Bonchev–Trinajstić information content (AvgIpc) is 3.18. The summed E-state index contributed by atoms with van der Waals surface area (Å²) < 4.78 is 5.19. The number of rotatable bonds is 4. The Bertz CT molecular complexity index is 592. The molecule has 0 unspecified atom stereocenters. The number of thiophene rings is 1. The average molecular weight is 301 g/mol. The highest BCUT2D eigenvalue weighted by Crippen LogP contribution is 2.29. The third kappa shape index (κ3) is 3.27. The Morgan fingerprint density at radius 2 is 2.14 bits per heavy atom. The number of amides is 1. The Kier molecular flexibility index (Phi) is 4.25. The highest BCUT2D eigenvalue weighted by atomic mass is 32.1. The predicted molar refractivity (Wildman–Crippen MR) is 85.0 cm³/mol. The minimum absolute atomic E-state index is 0.244. The molecule has 2 aromatic rings. The van der Waals surface area contributed by atoms with Gasteiger partial charge in [-0.25, -0.2) is 0 Å². The van der Waals surface area contributed by atoms with Crippen LogP contribution in [0.25, 0.3) is 0 Å². The van der Waals surface area contributed by atoms with Gasteiger partial charge < -0.3 is 9.64 Å². The van der Waals surface area contributed by atoms with Crippen LogP contribution in [-0.2, 0) is 11.2 Å². The maximum Gasteiger partial charge on any atom is 0.227 e. The minimum Gasteiger partial charge on any atom is -0.497 e. The molecule has 0 spiro atoms. The van der Waals surface area contributed by atoms with Crippen molar-refractivity contribution in [2.75, 3.05) is 20.2 Å². The standard InChI is InChI=1S/C17H19NO2S/c1-20-15-6-4-13(5-7-15)14-8-9-18(12-14)17(19)11-16-3-2-10-21-16/h2-7,10,14H,8-9,11-12H2,1H3/t14-/m1/s1. The zero-order chi connectivity index (χ0) is 14.7. The highest BCUT2D eigenvalue weighted by molar-refractivity contribution is 7.10. The summed E-state index contributed by atoms with van der Waals surface area (Å²) >= 11 is 1.65. The molecule has 1 aromatic carbocycles. The van der Waals surface area contributed by atoms with Crippen LogP contribution < -0.4 is 4.74 Å². The molecular weight excluding hydrogens is 282 g/mol. The van der Waals surface area contributed by atoms with Crippen molar-refractivity contribution in [1.82, 2.24) is 4.90 Å². The predicted octanol–water partition coefficient (Wildman–Crippen LogP) is 3.32. The van der Waals surface area contributed by atoms with E-state index in [9.17, 15) is 4.79 Å². The number of hydrogen-bond donors (Lipinski definition) is 0. The van der Waals surface area contributed by atoms with E-state index in [0.29, 0.717) is 12.3 Å². The largest absolute Gasteiger partial charge is 0.497 e. The molecule has 2 heterocycles. The van der Waals surface area contributed by atoms with Crippen LogP contribution in [0.2, 0.25) is 0 Å². The van der Waals surface area contributed by atoms with Gasteiger partial charge in [-0.1, -0.05) is 18.2 Å². The van der Waals surface area contributed by atoms with Gasteiger partial charge in [0.15, 0.2) is 0 Å². The Morgan fingerprint density at radius 1 is 1.33 bits per heavy atom. The zero-order valence-corrected chi connectivity index (χ0v) is 12.9. The van der Waals surface area contributed by atoms with Gasteiger partial charge in [0.1, 0.15) is 5.75 Å². The van der Waals surface area contributed by atoms with Crippen LogP contribution in [0.4, 0.5) is 0 Å². The van der Waals surface area contributed by atoms with Gasteiger partial charge in [-0.3, -0.25) is 4.79 Å². The van der Waals surface area contributed by atoms with E-state index >= 15 is 0 Å². The summed E-state index contributed by atoms with van der Waals surface area (Å²) in [6.07, 6.45) is 1.58. The van der Waals surface area contributed by atoms with E-state index in [0.717, 1.165) is 30.1 Å². The Morgan fingerprint density at radius 3 is 2.81 bits per heavy atom. The Labute approximate surface area is 129 Å². The van der Waals surface area contributed by atoms with Crippen molar-refractivity contribution in [2.45, 2.75) is 18.8 Å². The molecule has 1 saturated heterocycles. The van der Waals surface area contributed by atoms with Crippen LogP contribution in [0.15, 0.2) is 41.8 Å². The van der Waals surface area contributed by atoms with E-state index in [1.165, 1.54) is 5.56 Å². The molecular formula is C17H19NO2S. The van der Waals surface area contributed by atoms with Gasteiger partial charge in [-0.05, 0) is 35.6 Å². The molecule has 0 aliphatic carbocycles. The molecule has 1 fully saturated rings. The molecule has 1 aromatic heterocycles. The smallest absolute Gasteiger partial charge is 0.227 e. The Hall–Kier alpha value is -1.81. The van der Waals surface area contributed by atoms with Gasteiger partial charge in [0.25, 0.3) is 0 Å². The molecule has 0 bridgehead atoms. The van der Waals surface area contributed by atoms with Crippen molar-refractivity contribution in [2.24, 2.45) is 0 Å². The molecule has 4 heteroatoms. The van der Waals surface area contributed by atoms with E-state index in [-0.39, 0.29) is 5.91 Å². The topological polar surface area (TPSA) is 29.5 Å². The summed E-state index contributed by atoms with van der Waals surface area (Å²) in [7, 11) is 1.68. The summed E-state index contributed by atoms with van der Waals surface area (Å²) in [5.41, 5.74) is 1.29. The first-order chi connectivity index (χ1) is 10.3. The van der Waals surface area contributed by atoms with Crippen LogP contribution in [-0.4, -0.2) is 31.0 Å². The molecule has 1 atom stereocenters. The lowest BCUT2D eigenvalue weighted by Crippen LogP contribution is -2.29. The third-order valence-electron chi connectivity index (χ3n) is 4.03. The van der Waals surface area contributed by atoms with Crippen molar-refractivity contribution in [3.05, 3.63) is 52.2 Å². The van der Waals surface area contributed by atoms with Crippen molar-refractivity contribution < 1.29 is 9.53 Å². The number of carbonyl (C=O) groups excluding carboxylic acids is 1. The molecule has 110 valence electrons. The number of carbonyl (C=O) groups is 1. The molecule has 1 aliphatic rings. The lowest BCUT2D eigenvalue weighted by atomic mass is 9.98. The number of methoxy groups -OCH3 is 1. The van der Waals surface area contributed by atoms with Crippen LogP contribution >= 0.6 is 11.3 Å². The number of nitrogens with zero attached hydrogens (tertiary/aromatic N) is 1. The van der Waals surface area contributed by atoms with Gasteiger partial charge in [0.2, 0.25) is 5.91 Å². The molecule has 0 radical (unpaired) electrons. The number of benzene rings is 1. The third-order valence-corrected chi connectivity index (χ3v) is 4.91. The monoisotopic (exact) mass is 301 g/mol. The number of hydrogen-bond acceptors (Lipinski definition) is 3. The fourth-order valence-corrected chi connectivity index (χ4v) is 3.50. The normalized spacial score (nSPS) is 18.0. The molecule has 1 amide bonds. The van der Waals surface area contributed by atoms with Gasteiger partial charge in [-0.2, -0.15) is 0 Å². The van der Waals surface area contributed by atoms with Crippen molar-refractivity contribution >= 4 is 17.2 Å². The first-order valence-electron chi connectivity index (χ1n) is 7.20. The van der Waals surface area contributed by atoms with Gasteiger partial charge in [0.05, 0.1) is 13.5 Å². The first kappa shape index (κ1) is 14.1. The quantitative estimate of drug-likeness (QED) is 0.867. The zero-order valence-electron chi connectivity index (χ0n) is 12.1. The molecule has 3 rings (SSSR count). The molecule has 0 saturated carbocycles. The van der Waals surface area contributed by atoms with Gasteiger partial charge in [-0.15, -0.1) is 11.3 Å². The second-order valence-corrected chi connectivity index (χ2v) is 6.39. The van der Waals surface area contributed by atoms with Gasteiger partial charge >= 0.3 is 0 Å². The molecule has 1 aliphatic heterocycles. The highest BCUT2D eigenvalue weighted by Gasteiger charge is 2.27. The van der Waals surface area contributed by atoms with E-state index < -0.39 is 0 Å². The summed E-state index contributed by atoms with van der Waals surface area (Å²) in [6, 6.07) is 12.2. The maximum atomic E-state index is 12.3.